The first kappa shape index (κ1) is 18.0. The van der Waals surface area contributed by atoms with E-state index < -0.39 is 10.0 Å². The van der Waals surface area contributed by atoms with Gasteiger partial charge in [0.05, 0.1) is 12.0 Å². The SMILES string of the molecule is COc1cc(C)c(S(=O)(=O)NCc2ccccc2Br)c(C)c1C. The summed E-state index contributed by atoms with van der Waals surface area (Å²) in [5.41, 5.74) is 3.10. The molecule has 0 unspecified atom stereocenters. The number of hydrogen-bond donors (Lipinski definition) is 1. The van der Waals surface area contributed by atoms with E-state index in [1.165, 1.54) is 0 Å². The van der Waals surface area contributed by atoms with Crippen LogP contribution in [0.2, 0.25) is 0 Å². The van der Waals surface area contributed by atoms with E-state index in [9.17, 15) is 8.42 Å². The monoisotopic (exact) mass is 397 g/mol. The summed E-state index contributed by atoms with van der Waals surface area (Å²) < 4.78 is 34.3. The Morgan fingerprint density at radius 3 is 2.39 bits per heavy atom. The lowest BCUT2D eigenvalue weighted by molar-refractivity contribution is 0.410. The summed E-state index contributed by atoms with van der Waals surface area (Å²) in [6.07, 6.45) is 0. The molecule has 0 saturated carbocycles. The van der Waals surface area contributed by atoms with Crippen molar-refractivity contribution < 1.29 is 13.2 Å². The van der Waals surface area contributed by atoms with Crippen LogP contribution in [0, 0.1) is 20.8 Å². The first-order chi connectivity index (χ1) is 10.8. The summed E-state index contributed by atoms with van der Waals surface area (Å²) in [6, 6.07) is 9.30. The van der Waals surface area contributed by atoms with Gasteiger partial charge in [0.2, 0.25) is 10.0 Å². The van der Waals surface area contributed by atoms with Gasteiger partial charge in [-0.2, -0.15) is 0 Å². The van der Waals surface area contributed by atoms with Crippen molar-refractivity contribution in [1.82, 2.24) is 4.72 Å². The van der Waals surface area contributed by atoms with Gasteiger partial charge in [-0.25, -0.2) is 13.1 Å². The minimum absolute atomic E-state index is 0.230. The molecular weight excluding hydrogens is 378 g/mol. The maximum absolute atomic E-state index is 12.7. The molecule has 2 rings (SSSR count). The van der Waals surface area contributed by atoms with Crippen LogP contribution in [-0.4, -0.2) is 15.5 Å². The van der Waals surface area contributed by atoms with E-state index >= 15 is 0 Å². The molecule has 1 N–H and O–H groups in total. The number of sulfonamides is 1. The van der Waals surface area contributed by atoms with Gasteiger partial charge in [-0.05, 0) is 55.2 Å². The predicted octanol–water partition coefficient (Wildman–Crippen LogP) is 3.86. The van der Waals surface area contributed by atoms with Crippen molar-refractivity contribution in [3.8, 4) is 5.75 Å². The second kappa shape index (κ2) is 7.03. The third-order valence-electron chi connectivity index (χ3n) is 3.88. The second-order valence-corrected chi connectivity index (χ2v) is 7.95. The van der Waals surface area contributed by atoms with Crippen LogP contribution in [0.4, 0.5) is 0 Å². The lowest BCUT2D eigenvalue weighted by Crippen LogP contribution is -2.25. The van der Waals surface area contributed by atoms with Gasteiger partial charge in [0, 0.05) is 11.0 Å². The van der Waals surface area contributed by atoms with Gasteiger partial charge in [-0.3, -0.25) is 0 Å². The summed E-state index contributed by atoms with van der Waals surface area (Å²) in [7, 11) is -2.03. The van der Waals surface area contributed by atoms with Gasteiger partial charge in [0.1, 0.15) is 5.75 Å². The molecule has 0 heterocycles. The largest absolute Gasteiger partial charge is 0.496 e. The molecule has 23 heavy (non-hydrogen) atoms. The zero-order valence-corrected chi connectivity index (χ0v) is 16.0. The van der Waals surface area contributed by atoms with E-state index in [-0.39, 0.29) is 6.54 Å². The zero-order valence-electron chi connectivity index (χ0n) is 13.6. The van der Waals surface area contributed by atoms with Crippen LogP contribution in [0.3, 0.4) is 0 Å². The Kier molecular flexibility index (Phi) is 5.49. The smallest absolute Gasteiger partial charge is 0.241 e. The Bertz CT molecular complexity index is 832. The average molecular weight is 398 g/mol. The van der Waals surface area contributed by atoms with Crippen molar-refractivity contribution in [3.05, 3.63) is 57.1 Å². The summed E-state index contributed by atoms with van der Waals surface area (Å²) >= 11 is 3.43. The lowest BCUT2D eigenvalue weighted by atomic mass is 10.1. The van der Waals surface area contributed by atoms with Crippen molar-refractivity contribution in [3.63, 3.8) is 0 Å². The fourth-order valence-corrected chi connectivity index (χ4v) is 4.49. The minimum Gasteiger partial charge on any atom is -0.496 e. The highest BCUT2D eigenvalue weighted by atomic mass is 79.9. The zero-order chi connectivity index (χ0) is 17.2. The van der Waals surface area contributed by atoms with E-state index in [0.29, 0.717) is 21.8 Å². The first-order valence-electron chi connectivity index (χ1n) is 7.15. The summed E-state index contributed by atoms with van der Waals surface area (Å²) in [6.45, 7) is 5.67. The van der Waals surface area contributed by atoms with Crippen LogP contribution in [0.25, 0.3) is 0 Å². The molecule has 0 spiro atoms. The summed E-state index contributed by atoms with van der Waals surface area (Å²) in [5, 5.41) is 0. The standard InChI is InChI=1S/C17H20BrNO3S/c1-11-9-16(22-4)12(2)13(3)17(11)23(20,21)19-10-14-7-5-6-8-15(14)18/h5-9,19H,10H2,1-4H3. The molecule has 2 aromatic rings. The van der Waals surface area contributed by atoms with Crippen LogP contribution in [0.5, 0.6) is 5.75 Å². The molecule has 0 saturated heterocycles. The van der Waals surface area contributed by atoms with Crippen molar-refractivity contribution in [1.29, 1.82) is 0 Å². The fraction of sp³-hybridized carbons (Fsp3) is 0.294. The minimum atomic E-state index is -3.61. The lowest BCUT2D eigenvalue weighted by Gasteiger charge is -2.17. The van der Waals surface area contributed by atoms with Crippen molar-refractivity contribution in [2.45, 2.75) is 32.2 Å². The molecule has 0 aliphatic rings. The van der Waals surface area contributed by atoms with Gasteiger partial charge in [0.25, 0.3) is 0 Å². The highest BCUT2D eigenvalue weighted by Crippen LogP contribution is 2.30. The number of rotatable bonds is 5. The number of hydrogen-bond acceptors (Lipinski definition) is 3. The maximum Gasteiger partial charge on any atom is 0.241 e. The molecule has 0 radical (unpaired) electrons. The van der Waals surface area contributed by atoms with Crippen LogP contribution in [0.1, 0.15) is 22.3 Å². The van der Waals surface area contributed by atoms with Crippen LogP contribution in [-0.2, 0) is 16.6 Å². The molecule has 0 fully saturated rings. The summed E-state index contributed by atoms with van der Waals surface area (Å²) in [5.74, 6) is 0.699. The quantitative estimate of drug-likeness (QED) is 0.832. The van der Waals surface area contributed by atoms with Gasteiger partial charge in [0.15, 0.2) is 0 Å². The Morgan fingerprint density at radius 1 is 1.13 bits per heavy atom. The molecule has 4 nitrogen and oxygen atoms in total. The Hall–Kier alpha value is -1.37. The molecule has 0 aromatic heterocycles. The number of benzene rings is 2. The number of ether oxygens (including phenoxy) is 1. The molecule has 0 amide bonds. The second-order valence-electron chi connectivity index (χ2n) is 5.39. The summed E-state index contributed by atoms with van der Waals surface area (Å²) in [4.78, 5) is 0.322. The number of methoxy groups -OCH3 is 1. The van der Waals surface area contributed by atoms with Crippen LogP contribution in [0.15, 0.2) is 39.7 Å². The van der Waals surface area contributed by atoms with E-state index in [2.05, 4.69) is 20.7 Å². The van der Waals surface area contributed by atoms with E-state index in [4.69, 9.17) is 4.74 Å². The van der Waals surface area contributed by atoms with Crippen LogP contribution < -0.4 is 9.46 Å². The van der Waals surface area contributed by atoms with Gasteiger partial charge in [-0.1, -0.05) is 34.1 Å². The number of nitrogens with one attached hydrogen (secondary N) is 1. The third kappa shape index (κ3) is 3.76. The average Bonchev–Trinajstić information content (AvgIpc) is 2.50. The number of aryl methyl sites for hydroxylation is 1. The number of halogens is 1. The van der Waals surface area contributed by atoms with E-state index in [0.717, 1.165) is 15.6 Å². The molecule has 6 heteroatoms. The first-order valence-corrected chi connectivity index (χ1v) is 9.43. The van der Waals surface area contributed by atoms with Crippen molar-refractivity contribution >= 4 is 26.0 Å². The van der Waals surface area contributed by atoms with Crippen molar-refractivity contribution in [2.24, 2.45) is 0 Å². The molecular formula is C17H20BrNO3S. The predicted molar refractivity (Wildman–Crippen MR) is 95.4 cm³/mol. The highest BCUT2D eigenvalue weighted by Gasteiger charge is 2.22. The Balaban J connectivity index is 2.37. The van der Waals surface area contributed by atoms with Gasteiger partial charge < -0.3 is 4.74 Å². The topological polar surface area (TPSA) is 55.4 Å². The van der Waals surface area contributed by atoms with Crippen molar-refractivity contribution in [2.75, 3.05) is 7.11 Å². The molecule has 0 atom stereocenters. The van der Waals surface area contributed by atoms with E-state index in [1.54, 1.807) is 27.0 Å². The van der Waals surface area contributed by atoms with Gasteiger partial charge in [-0.15, -0.1) is 0 Å². The maximum atomic E-state index is 12.7. The van der Waals surface area contributed by atoms with E-state index in [1.807, 2.05) is 31.2 Å². The molecule has 0 aliphatic carbocycles. The van der Waals surface area contributed by atoms with Crippen LogP contribution >= 0.6 is 15.9 Å². The molecule has 2 aromatic carbocycles. The Labute approximate surface area is 146 Å². The fourth-order valence-electron chi connectivity index (χ4n) is 2.53. The normalized spacial score (nSPS) is 11.5. The molecule has 0 bridgehead atoms. The van der Waals surface area contributed by atoms with Gasteiger partial charge >= 0.3 is 0 Å². The molecule has 0 aliphatic heterocycles. The third-order valence-corrected chi connectivity index (χ3v) is 6.34. The Morgan fingerprint density at radius 2 is 1.78 bits per heavy atom. The highest BCUT2D eigenvalue weighted by molar-refractivity contribution is 9.10. The molecule has 124 valence electrons.